The van der Waals surface area contributed by atoms with E-state index in [1.54, 1.807) is 32.2 Å². The molecule has 7 nitrogen and oxygen atoms in total. The quantitative estimate of drug-likeness (QED) is 0.214. The highest BCUT2D eigenvalue weighted by molar-refractivity contribution is 8.19. The molecule has 200 valence electrons. The maximum atomic E-state index is 13.1. The largest absolute Gasteiger partial charge is 0.493 e. The second-order valence-electron chi connectivity index (χ2n) is 8.85. The van der Waals surface area contributed by atoms with Gasteiger partial charge in [-0.3, -0.25) is 9.69 Å². The maximum Gasteiger partial charge on any atom is 0.284 e. The van der Waals surface area contributed by atoms with E-state index in [4.69, 9.17) is 9.47 Å². The number of amides is 1. The van der Waals surface area contributed by atoms with Crippen LogP contribution in [-0.2, 0) is 14.8 Å². The van der Waals surface area contributed by atoms with Crippen molar-refractivity contribution in [3.63, 3.8) is 0 Å². The number of likely N-dealkylation sites (N-methyl/N-ethyl adjacent to an activating group) is 1. The standard InChI is InChI=1S/C28H36N2O5S2/c1-5-7-8-9-10-11-18-35-25-19-22(14-17-24(25)34-4)20-26-27(31)30(6-2)28(36-26)29-37(32,33)23-15-12-21(3)13-16-23/h12-17,19-20H,5-11,18H2,1-4H3. The molecule has 0 N–H and O–H groups in total. The number of benzene rings is 2. The molecule has 1 amide bonds. The van der Waals surface area contributed by atoms with E-state index in [-0.39, 0.29) is 16.0 Å². The fourth-order valence-electron chi connectivity index (χ4n) is 3.83. The van der Waals surface area contributed by atoms with Gasteiger partial charge in [0.1, 0.15) is 0 Å². The van der Waals surface area contributed by atoms with Crippen molar-refractivity contribution in [3.8, 4) is 11.5 Å². The summed E-state index contributed by atoms with van der Waals surface area (Å²) in [6.45, 7) is 6.77. The number of carbonyl (C=O) groups is 1. The Kier molecular flexibility index (Phi) is 10.6. The van der Waals surface area contributed by atoms with Crippen LogP contribution >= 0.6 is 11.8 Å². The molecule has 1 aliphatic heterocycles. The molecule has 0 saturated carbocycles. The molecule has 0 aromatic heterocycles. The monoisotopic (exact) mass is 544 g/mol. The summed E-state index contributed by atoms with van der Waals surface area (Å²) >= 11 is 1.05. The molecule has 0 radical (unpaired) electrons. The third-order valence-corrected chi connectivity index (χ3v) is 8.37. The Morgan fingerprint density at radius 1 is 0.973 bits per heavy atom. The molecule has 1 saturated heterocycles. The van der Waals surface area contributed by atoms with Gasteiger partial charge < -0.3 is 9.47 Å². The predicted octanol–water partition coefficient (Wildman–Crippen LogP) is 6.42. The van der Waals surface area contributed by atoms with Crippen LogP contribution in [0.2, 0.25) is 0 Å². The zero-order chi connectivity index (χ0) is 26.8. The van der Waals surface area contributed by atoms with Gasteiger partial charge in [-0.25, -0.2) is 0 Å². The lowest BCUT2D eigenvalue weighted by molar-refractivity contribution is -0.122. The number of unbranched alkanes of at least 4 members (excludes halogenated alkanes) is 5. The third-order valence-electron chi connectivity index (χ3n) is 5.96. The highest BCUT2D eigenvalue weighted by Gasteiger charge is 2.34. The second-order valence-corrected chi connectivity index (χ2v) is 11.5. The number of sulfonamides is 1. The van der Waals surface area contributed by atoms with Gasteiger partial charge in [0.2, 0.25) is 0 Å². The maximum absolute atomic E-state index is 13.1. The molecule has 0 spiro atoms. The van der Waals surface area contributed by atoms with Crippen LogP contribution in [0.5, 0.6) is 11.5 Å². The van der Waals surface area contributed by atoms with Crippen molar-refractivity contribution >= 4 is 38.9 Å². The molecule has 37 heavy (non-hydrogen) atoms. The van der Waals surface area contributed by atoms with Crippen molar-refractivity contribution in [2.24, 2.45) is 4.40 Å². The van der Waals surface area contributed by atoms with Crippen molar-refractivity contribution in [2.45, 2.75) is 64.2 Å². The Balaban J connectivity index is 1.77. The van der Waals surface area contributed by atoms with E-state index in [0.717, 1.165) is 35.7 Å². The van der Waals surface area contributed by atoms with Crippen LogP contribution in [0.15, 0.2) is 56.7 Å². The molecule has 3 rings (SSSR count). The van der Waals surface area contributed by atoms with E-state index in [2.05, 4.69) is 11.3 Å². The fraction of sp³-hybridized carbons (Fsp3) is 0.429. The molecule has 0 bridgehead atoms. The summed E-state index contributed by atoms with van der Waals surface area (Å²) in [5.74, 6) is 0.958. The molecule has 0 aliphatic carbocycles. The van der Waals surface area contributed by atoms with Crippen LogP contribution in [0, 0.1) is 6.92 Å². The Morgan fingerprint density at radius 2 is 1.68 bits per heavy atom. The molecule has 9 heteroatoms. The van der Waals surface area contributed by atoms with Crippen molar-refractivity contribution in [1.82, 2.24) is 4.90 Å². The van der Waals surface area contributed by atoms with Crippen LogP contribution in [0.3, 0.4) is 0 Å². The Morgan fingerprint density at radius 3 is 2.35 bits per heavy atom. The number of amidine groups is 1. The van der Waals surface area contributed by atoms with Crippen LogP contribution in [0.4, 0.5) is 0 Å². The van der Waals surface area contributed by atoms with Crippen LogP contribution in [-0.4, -0.2) is 44.7 Å². The zero-order valence-electron chi connectivity index (χ0n) is 22.0. The first-order valence-electron chi connectivity index (χ1n) is 12.7. The first-order valence-corrected chi connectivity index (χ1v) is 15.0. The van der Waals surface area contributed by atoms with Crippen LogP contribution in [0.1, 0.15) is 63.5 Å². The number of hydrogen-bond acceptors (Lipinski definition) is 6. The van der Waals surface area contributed by atoms with E-state index in [1.807, 2.05) is 25.1 Å². The minimum atomic E-state index is -3.95. The van der Waals surface area contributed by atoms with Crippen molar-refractivity contribution in [3.05, 3.63) is 58.5 Å². The van der Waals surface area contributed by atoms with Gasteiger partial charge >= 0.3 is 0 Å². The number of ether oxygens (including phenoxy) is 2. The summed E-state index contributed by atoms with van der Waals surface area (Å²) in [6.07, 6.45) is 8.77. The molecule has 0 unspecified atom stereocenters. The average molecular weight is 545 g/mol. The fourth-order valence-corrected chi connectivity index (χ4v) is 6.08. The molecular weight excluding hydrogens is 508 g/mol. The molecule has 2 aromatic rings. The molecule has 1 heterocycles. The van der Waals surface area contributed by atoms with Gasteiger partial charge in [-0.1, -0.05) is 62.8 Å². The highest BCUT2D eigenvalue weighted by atomic mass is 32.2. The number of carbonyl (C=O) groups excluding carboxylic acids is 1. The van der Waals surface area contributed by atoms with Gasteiger partial charge in [-0.2, -0.15) is 8.42 Å². The lowest BCUT2D eigenvalue weighted by Crippen LogP contribution is -2.29. The SMILES string of the molecule is CCCCCCCCOc1cc(C=C2SC(=NS(=O)(=O)c3ccc(C)cc3)N(CC)C2=O)ccc1OC. The lowest BCUT2D eigenvalue weighted by atomic mass is 10.1. The average Bonchev–Trinajstić information content (AvgIpc) is 3.16. The summed E-state index contributed by atoms with van der Waals surface area (Å²) in [6, 6.07) is 12.0. The molecule has 0 atom stereocenters. The summed E-state index contributed by atoms with van der Waals surface area (Å²) in [5.41, 5.74) is 1.71. The zero-order valence-corrected chi connectivity index (χ0v) is 23.7. The topological polar surface area (TPSA) is 85.3 Å². The summed E-state index contributed by atoms with van der Waals surface area (Å²) in [7, 11) is -2.35. The molecule has 1 aliphatic rings. The normalized spacial score (nSPS) is 16.1. The van der Waals surface area contributed by atoms with Crippen molar-refractivity contribution in [2.75, 3.05) is 20.3 Å². The predicted molar refractivity (Wildman–Crippen MR) is 151 cm³/mol. The minimum Gasteiger partial charge on any atom is -0.493 e. The minimum absolute atomic E-state index is 0.0921. The first kappa shape index (κ1) is 28.8. The van der Waals surface area contributed by atoms with Gasteiger partial charge in [-0.05, 0) is 67.9 Å². The summed E-state index contributed by atoms with van der Waals surface area (Å²) < 4.78 is 41.2. The number of hydrogen-bond donors (Lipinski definition) is 0. The lowest BCUT2D eigenvalue weighted by Gasteiger charge is -2.12. The van der Waals surface area contributed by atoms with Gasteiger partial charge in [-0.15, -0.1) is 4.40 Å². The second kappa shape index (κ2) is 13.7. The Bertz CT molecular complexity index is 1240. The highest BCUT2D eigenvalue weighted by Crippen LogP contribution is 2.35. The Hall–Kier alpha value is -2.78. The molecule has 1 fully saturated rings. The number of nitrogens with zero attached hydrogens (tertiary/aromatic N) is 2. The van der Waals surface area contributed by atoms with Crippen LogP contribution in [0.25, 0.3) is 6.08 Å². The third kappa shape index (κ3) is 7.85. The Labute approximate surface area is 225 Å². The van der Waals surface area contributed by atoms with Gasteiger partial charge in [0, 0.05) is 6.54 Å². The smallest absolute Gasteiger partial charge is 0.284 e. The van der Waals surface area contributed by atoms with Crippen LogP contribution < -0.4 is 9.47 Å². The van der Waals surface area contributed by atoms with E-state index < -0.39 is 10.0 Å². The van der Waals surface area contributed by atoms with Gasteiger partial charge in [0.05, 0.1) is 23.5 Å². The van der Waals surface area contributed by atoms with Crippen molar-refractivity contribution in [1.29, 1.82) is 0 Å². The number of methoxy groups -OCH3 is 1. The number of rotatable bonds is 13. The van der Waals surface area contributed by atoms with E-state index in [0.29, 0.717) is 29.6 Å². The molecular formula is C28H36N2O5S2. The summed E-state index contributed by atoms with van der Waals surface area (Å²) in [5, 5.41) is 0.146. The number of aryl methyl sites for hydroxylation is 1. The summed E-state index contributed by atoms with van der Waals surface area (Å²) in [4.78, 5) is 14.9. The van der Waals surface area contributed by atoms with E-state index in [1.165, 1.54) is 42.7 Å². The molecule has 2 aromatic carbocycles. The van der Waals surface area contributed by atoms with E-state index in [9.17, 15) is 13.2 Å². The van der Waals surface area contributed by atoms with Gasteiger partial charge in [0.25, 0.3) is 15.9 Å². The van der Waals surface area contributed by atoms with E-state index >= 15 is 0 Å². The van der Waals surface area contributed by atoms with Crippen molar-refractivity contribution < 1.29 is 22.7 Å². The number of thioether (sulfide) groups is 1. The van der Waals surface area contributed by atoms with Gasteiger partial charge in [0.15, 0.2) is 16.7 Å². The first-order chi connectivity index (χ1) is 17.8.